The van der Waals surface area contributed by atoms with Crippen LogP contribution in [0.2, 0.25) is 0 Å². The van der Waals surface area contributed by atoms with E-state index >= 15 is 0 Å². The summed E-state index contributed by atoms with van der Waals surface area (Å²) in [6.45, 7) is 8.35. The number of carbonyl (C=O) groups is 1. The summed E-state index contributed by atoms with van der Waals surface area (Å²) in [6, 6.07) is 11.0. The van der Waals surface area contributed by atoms with E-state index in [0.717, 1.165) is 23.5 Å². The molecule has 0 bridgehead atoms. The third-order valence-corrected chi connectivity index (χ3v) is 6.17. The van der Waals surface area contributed by atoms with Crippen LogP contribution in [-0.2, 0) is 22.6 Å². The van der Waals surface area contributed by atoms with Crippen molar-refractivity contribution in [1.29, 1.82) is 0 Å². The first-order valence-corrected chi connectivity index (χ1v) is 12.3. The average Bonchev–Trinajstić information content (AvgIpc) is 3.09. The lowest BCUT2D eigenvalue weighted by atomic mass is 10.1. The summed E-state index contributed by atoms with van der Waals surface area (Å²) in [5.41, 5.74) is 1.53. The van der Waals surface area contributed by atoms with Gasteiger partial charge in [0, 0.05) is 44.7 Å². The first-order valence-electron chi connectivity index (χ1n) is 12.3. The SMILES string of the molecule is COc1cccc(CN2CCOC(C(=O)N(Cc3ccc4c(c3)OCCCO4)CC(C)C)C2)c1F. The van der Waals surface area contributed by atoms with Gasteiger partial charge in [0.1, 0.15) is 6.10 Å². The van der Waals surface area contributed by atoms with E-state index in [1.54, 1.807) is 18.2 Å². The Hall–Kier alpha value is -2.84. The Labute approximate surface area is 206 Å². The molecule has 35 heavy (non-hydrogen) atoms. The summed E-state index contributed by atoms with van der Waals surface area (Å²) >= 11 is 0. The molecule has 2 aliphatic rings. The Morgan fingerprint density at radius 2 is 1.97 bits per heavy atom. The number of amides is 1. The molecule has 1 saturated heterocycles. The van der Waals surface area contributed by atoms with E-state index in [9.17, 15) is 9.18 Å². The molecule has 8 heteroatoms. The second-order valence-corrected chi connectivity index (χ2v) is 9.47. The lowest BCUT2D eigenvalue weighted by Crippen LogP contribution is -2.51. The first-order chi connectivity index (χ1) is 16.9. The highest BCUT2D eigenvalue weighted by atomic mass is 19.1. The van der Waals surface area contributed by atoms with Crippen LogP contribution in [0.3, 0.4) is 0 Å². The molecule has 1 fully saturated rings. The number of nitrogens with zero attached hydrogens (tertiary/aromatic N) is 2. The van der Waals surface area contributed by atoms with Gasteiger partial charge < -0.3 is 23.8 Å². The number of halogens is 1. The highest BCUT2D eigenvalue weighted by molar-refractivity contribution is 5.81. The number of carbonyl (C=O) groups excluding carboxylic acids is 1. The van der Waals surface area contributed by atoms with Crippen molar-refractivity contribution in [3.8, 4) is 17.2 Å². The molecule has 0 saturated carbocycles. The molecule has 0 aliphatic carbocycles. The Morgan fingerprint density at radius 3 is 2.74 bits per heavy atom. The highest BCUT2D eigenvalue weighted by Gasteiger charge is 2.31. The number of hydrogen-bond acceptors (Lipinski definition) is 6. The summed E-state index contributed by atoms with van der Waals surface area (Å²) in [5, 5.41) is 0. The van der Waals surface area contributed by atoms with Crippen LogP contribution >= 0.6 is 0 Å². The van der Waals surface area contributed by atoms with Crippen molar-refractivity contribution < 1.29 is 28.1 Å². The molecule has 1 amide bonds. The fourth-order valence-corrected chi connectivity index (χ4v) is 4.48. The zero-order chi connectivity index (χ0) is 24.8. The van der Waals surface area contributed by atoms with Gasteiger partial charge in [-0.3, -0.25) is 9.69 Å². The minimum Gasteiger partial charge on any atom is -0.494 e. The molecule has 2 aromatic carbocycles. The van der Waals surface area contributed by atoms with E-state index in [2.05, 4.69) is 18.7 Å². The molecular formula is C27H35FN2O5. The second kappa shape index (κ2) is 11.7. The third-order valence-electron chi connectivity index (χ3n) is 6.17. The van der Waals surface area contributed by atoms with Crippen LogP contribution in [0, 0.1) is 11.7 Å². The lowest BCUT2D eigenvalue weighted by molar-refractivity contribution is -0.151. The van der Waals surface area contributed by atoms with E-state index in [1.165, 1.54) is 7.11 Å². The summed E-state index contributed by atoms with van der Waals surface area (Å²) in [5.74, 6) is 1.56. The van der Waals surface area contributed by atoms with Gasteiger partial charge in [-0.1, -0.05) is 32.0 Å². The number of methoxy groups -OCH3 is 1. The smallest absolute Gasteiger partial charge is 0.253 e. The summed E-state index contributed by atoms with van der Waals surface area (Å²) in [6.07, 6.45) is 0.244. The van der Waals surface area contributed by atoms with Gasteiger partial charge in [0.2, 0.25) is 0 Å². The maximum absolute atomic E-state index is 14.7. The quantitative estimate of drug-likeness (QED) is 0.565. The normalized spacial score (nSPS) is 18.3. The number of rotatable bonds is 8. The summed E-state index contributed by atoms with van der Waals surface area (Å²) < 4.78 is 37.2. The van der Waals surface area contributed by atoms with Crippen molar-refractivity contribution in [1.82, 2.24) is 9.80 Å². The predicted octanol–water partition coefficient (Wildman–Crippen LogP) is 3.88. The summed E-state index contributed by atoms with van der Waals surface area (Å²) in [4.78, 5) is 17.5. The molecular weight excluding hydrogens is 451 g/mol. The fraction of sp³-hybridized carbons (Fsp3) is 0.519. The van der Waals surface area contributed by atoms with Gasteiger partial charge in [-0.15, -0.1) is 0 Å². The standard InChI is InChI=1S/C27H35FN2O5/c1-19(2)15-30(16-20-8-9-22-24(14-20)34-12-5-11-33-22)27(31)25-18-29(10-13-35-25)17-21-6-4-7-23(32-3)26(21)28/h4,6-9,14,19,25H,5,10-13,15-18H2,1-3H3. The maximum atomic E-state index is 14.7. The Kier molecular flexibility index (Phi) is 8.46. The number of morpholine rings is 1. The highest BCUT2D eigenvalue weighted by Crippen LogP contribution is 2.31. The minimum absolute atomic E-state index is 0.0541. The van der Waals surface area contributed by atoms with Crippen LogP contribution < -0.4 is 14.2 Å². The monoisotopic (exact) mass is 486 g/mol. The van der Waals surface area contributed by atoms with Gasteiger partial charge in [0.15, 0.2) is 23.1 Å². The van der Waals surface area contributed by atoms with E-state index in [4.69, 9.17) is 18.9 Å². The molecule has 2 heterocycles. The van der Waals surface area contributed by atoms with Crippen LogP contribution in [0.5, 0.6) is 17.2 Å². The van der Waals surface area contributed by atoms with E-state index in [-0.39, 0.29) is 17.5 Å². The van der Waals surface area contributed by atoms with Crippen molar-refractivity contribution >= 4 is 5.91 Å². The van der Waals surface area contributed by atoms with Gasteiger partial charge in [-0.25, -0.2) is 4.39 Å². The minimum atomic E-state index is -0.600. The van der Waals surface area contributed by atoms with E-state index in [1.807, 2.05) is 23.1 Å². The number of hydrogen-bond donors (Lipinski definition) is 0. The number of ether oxygens (including phenoxy) is 4. The largest absolute Gasteiger partial charge is 0.494 e. The van der Waals surface area contributed by atoms with Crippen molar-refractivity contribution in [3.63, 3.8) is 0 Å². The Morgan fingerprint density at radius 1 is 1.17 bits per heavy atom. The summed E-state index contributed by atoms with van der Waals surface area (Å²) in [7, 11) is 1.46. The van der Waals surface area contributed by atoms with Gasteiger partial charge in [0.05, 0.1) is 26.9 Å². The van der Waals surface area contributed by atoms with Crippen LogP contribution in [0.15, 0.2) is 36.4 Å². The number of fused-ring (bicyclic) bond motifs is 1. The van der Waals surface area contributed by atoms with E-state index in [0.29, 0.717) is 64.0 Å². The van der Waals surface area contributed by atoms with Crippen LogP contribution in [-0.4, -0.2) is 68.4 Å². The van der Waals surface area contributed by atoms with Crippen LogP contribution in [0.25, 0.3) is 0 Å². The zero-order valence-electron chi connectivity index (χ0n) is 20.8. The van der Waals surface area contributed by atoms with Gasteiger partial charge >= 0.3 is 0 Å². The number of benzene rings is 2. The average molecular weight is 487 g/mol. The van der Waals surface area contributed by atoms with Crippen molar-refractivity contribution in [3.05, 3.63) is 53.3 Å². The van der Waals surface area contributed by atoms with Gasteiger partial charge in [-0.05, 0) is 29.7 Å². The van der Waals surface area contributed by atoms with E-state index < -0.39 is 6.10 Å². The Balaban J connectivity index is 1.45. The molecule has 0 N–H and O–H groups in total. The lowest BCUT2D eigenvalue weighted by Gasteiger charge is -2.35. The predicted molar refractivity (Wildman–Crippen MR) is 130 cm³/mol. The molecule has 1 unspecified atom stereocenters. The zero-order valence-corrected chi connectivity index (χ0v) is 20.8. The maximum Gasteiger partial charge on any atom is 0.253 e. The van der Waals surface area contributed by atoms with Crippen molar-refractivity contribution in [2.45, 2.75) is 39.5 Å². The molecule has 0 spiro atoms. The molecule has 2 aliphatic heterocycles. The molecule has 0 radical (unpaired) electrons. The van der Waals surface area contributed by atoms with Crippen LogP contribution in [0.1, 0.15) is 31.4 Å². The Bertz CT molecular complexity index is 1020. The molecule has 1 atom stereocenters. The first kappa shape index (κ1) is 25.3. The third kappa shape index (κ3) is 6.44. The molecule has 7 nitrogen and oxygen atoms in total. The molecule has 4 rings (SSSR count). The topological polar surface area (TPSA) is 60.5 Å². The molecule has 2 aromatic rings. The molecule has 190 valence electrons. The van der Waals surface area contributed by atoms with Crippen molar-refractivity contribution in [2.24, 2.45) is 5.92 Å². The van der Waals surface area contributed by atoms with Gasteiger partial charge in [0.25, 0.3) is 5.91 Å². The molecule has 0 aromatic heterocycles. The van der Waals surface area contributed by atoms with Crippen molar-refractivity contribution in [2.75, 3.05) is 46.6 Å². The van der Waals surface area contributed by atoms with Crippen LogP contribution in [0.4, 0.5) is 4.39 Å². The van der Waals surface area contributed by atoms with Gasteiger partial charge in [-0.2, -0.15) is 0 Å². The second-order valence-electron chi connectivity index (χ2n) is 9.47. The fourth-order valence-electron chi connectivity index (χ4n) is 4.48.